The number of nitro benzene ring substituents is 1. The molecule has 2 rings (SSSR count). The monoisotopic (exact) mass is 334 g/mol. The molecule has 0 aromatic heterocycles. The Morgan fingerprint density at radius 1 is 1.30 bits per heavy atom. The number of nitro groups is 1. The Bertz CT molecular complexity index is 732. The number of aliphatic hydroxyl groups is 1. The average Bonchev–Trinajstić information content (AvgIpc) is 2.53. The summed E-state index contributed by atoms with van der Waals surface area (Å²) >= 11 is 5.91. The molecule has 120 valence electrons. The smallest absolute Gasteiger partial charge is 0.270 e. The lowest BCUT2D eigenvalue weighted by molar-refractivity contribution is -0.384. The van der Waals surface area contributed by atoms with Crippen LogP contribution in [0, 0.1) is 10.1 Å². The Kier molecular flexibility index (Phi) is 4.98. The SMILES string of the molecule is CC(O)(CNC(=O)c1ccc([N+](=O)[O-])cc1Cl)c1ccccc1. The van der Waals surface area contributed by atoms with Crippen LogP contribution in [0.2, 0.25) is 5.02 Å². The lowest BCUT2D eigenvalue weighted by atomic mass is 9.96. The highest BCUT2D eigenvalue weighted by Crippen LogP contribution is 2.23. The number of amides is 1. The number of halogens is 1. The number of hydrogen-bond donors (Lipinski definition) is 2. The van der Waals surface area contributed by atoms with Crippen molar-refractivity contribution in [3.8, 4) is 0 Å². The minimum absolute atomic E-state index is 0.0175. The van der Waals surface area contributed by atoms with Gasteiger partial charge in [0.1, 0.15) is 5.60 Å². The first-order valence-electron chi connectivity index (χ1n) is 6.81. The highest BCUT2D eigenvalue weighted by atomic mass is 35.5. The second-order valence-electron chi connectivity index (χ2n) is 5.24. The van der Waals surface area contributed by atoms with Crippen LogP contribution in [0.25, 0.3) is 0 Å². The second kappa shape index (κ2) is 6.76. The largest absolute Gasteiger partial charge is 0.384 e. The second-order valence-corrected chi connectivity index (χ2v) is 5.65. The first-order chi connectivity index (χ1) is 10.8. The number of carbonyl (C=O) groups excluding carboxylic acids is 1. The molecule has 6 nitrogen and oxygen atoms in total. The molecule has 1 atom stereocenters. The van der Waals surface area contributed by atoms with Crippen LogP contribution < -0.4 is 5.32 Å². The van der Waals surface area contributed by atoms with Gasteiger partial charge in [0.15, 0.2) is 0 Å². The first kappa shape index (κ1) is 16.9. The van der Waals surface area contributed by atoms with E-state index in [0.717, 1.165) is 6.07 Å². The van der Waals surface area contributed by atoms with Crippen molar-refractivity contribution < 1.29 is 14.8 Å². The fourth-order valence-corrected chi connectivity index (χ4v) is 2.31. The molecule has 0 bridgehead atoms. The molecule has 2 N–H and O–H groups in total. The fraction of sp³-hybridized carbons (Fsp3) is 0.188. The van der Waals surface area contributed by atoms with Crippen LogP contribution in [0.4, 0.5) is 5.69 Å². The molecular weight excluding hydrogens is 320 g/mol. The van der Waals surface area contributed by atoms with Gasteiger partial charge in [0.05, 0.1) is 22.1 Å². The molecule has 0 aliphatic heterocycles. The molecule has 1 unspecified atom stereocenters. The van der Waals surface area contributed by atoms with Gasteiger partial charge >= 0.3 is 0 Å². The molecule has 0 saturated heterocycles. The molecule has 2 aromatic rings. The number of hydrogen-bond acceptors (Lipinski definition) is 4. The van der Waals surface area contributed by atoms with Gasteiger partial charge in [-0.25, -0.2) is 0 Å². The normalized spacial score (nSPS) is 13.2. The van der Waals surface area contributed by atoms with Crippen molar-refractivity contribution in [3.05, 3.63) is 74.8 Å². The Hall–Kier alpha value is -2.44. The minimum atomic E-state index is -1.25. The zero-order valence-electron chi connectivity index (χ0n) is 12.3. The van der Waals surface area contributed by atoms with Crippen LogP contribution >= 0.6 is 11.6 Å². The molecule has 0 fully saturated rings. The Morgan fingerprint density at radius 2 is 1.96 bits per heavy atom. The molecule has 0 aliphatic carbocycles. The van der Waals surface area contributed by atoms with Gasteiger partial charge < -0.3 is 10.4 Å². The van der Waals surface area contributed by atoms with Gasteiger partial charge in [-0.1, -0.05) is 41.9 Å². The van der Waals surface area contributed by atoms with Crippen molar-refractivity contribution in [2.75, 3.05) is 6.54 Å². The maximum atomic E-state index is 12.1. The molecule has 1 amide bonds. The van der Waals surface area contributed by atoms with Gasteiger partial charge in [-0.05, 0) is 18.6 Å². The zero-order valence-corrected chi connectivity index (χ0v) is 13.1. The summed E-state index contributed by atoms with van der Waals surface area (Å²) in [5.41, 5.74) is -0.663. The Labute approximate surface area is 137 Å². The van der Waals surface area contributed by atoms with Crippen LogP contribution in [0.15, 0.2) is 48.5 Å². The molecule has 0 heterocycles. The highest BCUT2D eigenvalue weighted by molar-refractivity contribution is 6.34. The van der Waals surface area contributed by atoms with Crippen LogP contribution in [0.5, 0.6) is 0 Å². The van der Waals surface area contributed by atoms with E-state index < -0.39 is 16.4 Å². The first-order valence-corrected chi connectivity index (χ1v) is 7.19. The van der Waals surface area contributed by atoms with Crippen LogP contribution in [-0.4, -0.2) is 22.5 Å². The van der Waals surface area contributed by atoms with E-state index in [4.69, 9.17) is 11.6 Å². The summed E-state index contributed by atoms with van der Waals surface area (Å²) in [4.78, 5) is 22.2. The third-order valence-corrected chi connectivity index (χ3v) is 3.71. The number of benzene rings is 2. The van der Waals surface area contributed by atoms with Crippen molar-refractivity contribution in [3.63, 3.8) is 0 Å². The summed E-state index contributed by atoms with van der Waals surface area (Å²) in [6.07, 6.45) is 0. The van der Waals surface area contributed by atoms with Gasteiger partial charge in [-0.3, -0.25) is 14.9 Å². The summed E-state index contributed by atoms with van der Waals surface area (Å²) < 4.78 is 0. The van der Waals surface area contributed by atoms with Crippen molar-refractivity contribution in [1.29, 1.82) is 0 Å². The quantitative estimate of drug-likeness (QED) is 0.649. The predicted molar refractivity (Wildman–Crippen MR) is 86.5 cm³/mol. The lowest BCUT2D eigenvalue weighted by Crippen LogP contribution is -2.38. The average molecular weight is 335 g/mol. The molecule has 0 radical (unpaired) electrons. The molecule has 7 heteroatoms. The van der Waals surface area contributed by atoms with Gasteiger partial charge in [-0.15, -0.1) is 0 Å². The van der Waals surface area contributed by atoms with Crippen LogP contribution in [0.3, 0.4) is 0 Å². The number of nitrogens with one attached hydrogen (secondary N) is 1. The summed E-state index contributed by atoms with van der Waals surface area (Å²) in [7, 11) is 0. The van der Waals surface area contributed by atoms with Gasteiger partial charge in [-0.2, -0.15) is 0 Å². The third kappa shape index (κ3) is 4.06. The standard InChI is InChI=1S/C16H15ClN2O4/c1-16(21,11-5-3-2-4-6-11)10-18-15(20)13-8-7-12(19(22)23)9-14(13)17/h2-9,21H,10H2,1H3,(H,18,20). The summed E-state index contributed by atoms with van der Waals surface area (Å²) in [5, 5.41) is 23.7. The topological polar surface area (TPSA) is 92.5 Å². The third-order valence-electron chi connectivity index (χ3n) is 3.40. The number of rotatable bonds is 5. The molecule has 0 aliphatic rings. The predicted octanol–water partition coefficient (Wildman–Crippen LogP) is 2.89. The number of carbonyl (C=O) groups is 1. The minimum Gasteiger partial charge on any atom is -0.384 e. The fourth-order valence-electron chi connectivity index (χ4n) is 2.05. The molecule has 0 spiro atoms. The van der Waals surface area contributed by atoms with E-state index in [-0.39, 0.29) is 22.8 Å². The summed E-state index contributed by atoms with van der Waals surface area (Å²) in [5.74, 6) is -0.513. The van der Waals surface area contributed by atoms with E-state index in [1.165, 1.54) is 12.1 Å². The van der Waals surface area contributed by atoms with E-state index in [2.05, 4.69) is 5.32 Å². The summed E-state index contributed by atoms with van der Waals surface area (Å²) in [6.45, 7) is 1.56. The maximum absolute atomic E-state index is 12.1. The van der Waals surface area contributed by atoms with Crippen LogP contribution in [0.1, 0.15) is 22.8 Å². The number of nitrogens with zero attached hydrogens (tertiary/aromatic N) is 1. The maximum Gasteiger partial charge on any atom is 0.270 e. The van der Waals surface area contributed by atoms with Crippen molar-refractivity contribution in [1.82, 2.24) is 5.32 Å². The van der Waals surface area contributed by atoms with E-state index in [0.29, 0.717) is 5.56 Å². The van der Waals surface area contributed by atoms with Gasteiger partial charge in [0.25, 0.3) is 11.6 Å². The highest BCUT2D eigenvalue weighted by Gasteiger charge is 2.24. The number of non-ortho nitro benzene ring substituents is 1. The van der Waals surface area contributed by atoms with E-state index in [1.54, 1.807) is 31.2 Å². The van der Waals surface area contributed by atoms with Gasteiger partial charge in [0.2, 0.25) is 0 Å². The van der Waals surface area contributed by atoms with Gasteiger partial charge in [0, 0.05) is 12.1 Å². The Balaban J connectivity index is 2.09. The van der Waals surface area contributed by atoms with E-state index >= 15 is 0 Å². The molecular formula is C16H15ClN2O4. The van der Waals surface area contributed by atoms with E-state index in [9.17, 15) is 20.0 Å². The van der Waals surface area contributed by atoms with Crippen molar-refractivity contribution >= 4 is 23.2 Å². The molecule has 23 heavy (non-hydrogen) atoms. The van der Waals surface area contributed by atoms with Crippen molar-refractivity contribution in [2.45, 2.75) is 12.5 Å². The zero-order chi connectivity index (χ0) is 17.0. The molecule has 2 aromatic carbocycles. The lowest BCUT2D eigenvalue weighted by Gasteiger charge is -2.24. The summed E-state index contributed by atoms with van der Waals surface area (Å²) in [6, 6.07) is 12.5. The molecule has 0 saturated carbocycles. The Morgan fingerprint density at radius 3 is 2.52 bits per heavy atom. The van der Waals surface area contributed by atoms with Crippen molar-refractivity contribution in [2.24, 2.45) is 0 Å². The van der Waals surface area contributed by atoms with Crippen LogP contribution in [-0.2, 0) is 5.60 Å². The van der Waals surface area contributed by atoms with E-state index in [1.807, 2.05) is 6.07 Å².